The SMILES string of the molecule is CNC(=O)C1(NC(=O)c2ccc(-c3cncnc3)cc2)CCCCC1. The maximum Gasteiger partial charge on any atom is 0.252 e. The van der Waals surface area contributed by atoms with Gasteiger partial charge in [-0.05, 0) is 30.5 Å². The third-order valence-electron chi connectivity index (χ3n) is 4.76. The number of likely N-dealkylation sites (N-methyl/N-ethyl adjacent to an activating group) is 1. The second kappa shape index (κ2) is 7.42. The van der Waals surface area contributed by atoms with Crippen molar-refractivity contribution in [2.75, 3.05) is 7.05 Å². The van der Waals surface area contributed by atoms with Crippen molar-refractivity contribution in [2.45, 2.75) is 37.6 Å². The second-order valence-electron chi connectivity index (χ2n) is 6.38. The molecule has 2 amide bonds. The Kier molecular flexibility index (Phi) is 5.07. The summed E-state index contributed by atoms with van der Waals surface area (Å²) in [7, 11) is 1.61. The minimum Gasteiger partial charge on any atom is -0.357 e. The number of amides is 2. The molecule has 0 atom stereocenters. The fourth-order valence-electron chi connectivity index (χ4n) is 3.36. The normalized spacial score (nSPS) is 16.0. The third kappa shape index (κ3) is 3.68. The van der Waals surface area contributed by atoms with Crippen molar-refractivity contribution in [2.24, 2.45) is 0 Å². The molecule has 0 aliphatic heterocycles. The van der Waals surface area contributed by atoms with Crippen LogP contribution in [-0.2, 0) is 4.79 Å². The van der Waals surface area contributed by atoms with E-state index >= 15 is 0 Å². The molecule has 25 heavy (non-hydrogen) atoms. The van der Waals surface area contributed by atoms with Crippen molar-refractivity contribution in [1.29, 1.82) is 0 Å². The van der Waals surface area contributed by atoms with Crippen LogP contribution < -0.4 is 10.6 Å². The Hall–Kier alpha value is -2.76. The topological polar surface area (TPSA) is 84.0 Å². The lowest BCUT2D eigenvalue weighted by Gasteiger charge is -2.36. The summed E-state index contributed by atoms with van der Waals surface area (Å²) >= 11 is 0. The monoisotopic (exact) mass is 338 g/mol. The van der Waals surface area contributed by atoms with Crippen molar-refractivity contribution in [3.05, 3.63) is 48.5 Å². The van der Waals surface area contributed by atoms with E-state index in [1.54, 1.807) is 31.6 Å². The number of carbonyl (C=O) groups excluding carboxylic acids is 2. The van der Waals surface area contributed by atoms with E-state index in [2.05, 4.69) is 20.6 Å². The van der Waals surface area contributed by atoms with Crippen LogP contribution in [0.4, 0.5) is 0 Å². The van der Waals surface area contributed by atoms with Gasteiger partial charge in [0.05, 0.1) is 0 Å². The largest absolute Gasteiger partial charge is 0.357 e. The molecule has 0 spiro atoms. The van der Waals surface area contributed by atoms with Gasteiger partial charge in [-0.1, -0.05) is 31.4 Å². The average molecular weight is 338 g/mol. The number of hydrogen-bond donors (Lipinski definition) is 2. The van der Waals surface area contributed by atoms with Gasteiger partial charge < -0.3 is 10.6 Å². The maximum atomic E-state index is 12.7. The minimum atomic E-state index is -0.796. The predicted octanol–water partition coefficient (Wildman–Crippen LogP) is 2.32. The van der Waals surface area contributed by atoms with E-state index in [0.29, 0.717) is 18.4 Å². The molecule has 0 radical (unpaired) electrons. The molecule has 3 rings (SSSR count). The van der Waals surface area contributed by atoms with Crippen molar-refractivity contribution in [3.8, 4) is 11.1 Å². The molecule has 2 N–H and O–H groups in total. The van der Waals surface area contributed by atoms with Gasteiger partial charge in [-0.25, -0.2) is 9.97 Å². The van der Waals surface area contributed by atoms with Gasteiger partial charge in [0.25, 0.3) is 5.91 Å². The lowest BCUT2D eigenvalue weighted by atomic mass is 9.80. The average Bonchev–Trinajstić information content (AvgIpc) is 2.68. The van der Waals surface area contributed by atoms with E-state index in [0.717, 1.165) is 30.4 Å². The Morgan fingerprint density at radius 1 is 0.960 bits per heavy atom. The summed E-state index contributed by atoms with van der Waals surface area (Å²) in [5.74, 6) is -0.333. The first-order valence-electron chi connectivity index (χ1n) is 8.55. The second-order valence-corrected chi connectivity index (χ2v) is 6.38. The van der Waals surface area contributed by atoms with E-state index < -0.39 is 5.54 Å². The zero-order valence-corrected chi connectivity index (χ0v) is 14.3. The van der Waals surface area contributed by atoms with Gasteiger partial charge in [0.15, 0.2) is 0 Å². The lowest BCUT2D eigenvalue weighted by Crippen LogP contribution is -2.59. The van der Waals surface area contributed by atoms with Gasteiger partial charge in [0, 0.05) is 30.6 Å². The van der Waals surface area contributed by atoms with Gasteiger partial charge in [-0.15, -0.1) is 0 Å². The highest BCUT2D eigenvalue weighted by atomic mass is 16.2. The van der Waals surface area contributed by atoms with Crippen LogP contribution in [0.15, 0.2) is 43.0 Å². The van der Waals surface area contributed by atoms with Gasteiger partial charge >= 0.3 is 0 Å². The smallest absolute Gasteiger partial charge is 0.252 e. The van der Waals surface area contributed by atoms with Crippen molar-refractivity contribution in [1.82, 2.24) is 20.6 Å². The number of carbonyl (C=O) groups is 2. The summed E-state index contributed by atoms with van der Waals surface area (Å²) in [6, 6.07) is 7.25. The van der Waals surface area contributed by atoms with Gasteiger partial charge in [-0.3, -0.25) is 9.59 Å². The molecule has 1 saturated carbocycles. The minimum absolute atomic E-state index is 0.112. The number of rotatable bonds is 4. The van der Waals surface area contributed by atoms with E-state index in [4.69, 9.17) is 0 Å². The maximum absolute atomic E-state index is 12.7. The zero-order chi connectivity index (χ0) is 17.7. The first-order chi connectivity index (χ1) is 12.1. The molecular weight excluding hydrogens is 316 g/mol. The highest BCUT2D eigenvalue weighted by molar-refractivity contribution is 5.99. The Labute approximate surface area is 147 Å². The number of benzene rings is 1. The first-order valence-corrected chi connectivity index (χ1v) is 8.55. The molecular formula is C19H22N4O2. The molecule has 0 unspecified atom stereocenters. The summed E-state index contributed by atoms with van der Waals surface area (Å²) in [6.07, 6.45) is 9.28. The molecule has 130 valence electrons. The highest BCUT2D eigenvalue weighted by Gasteiger charge is 2.40. The Morgan fingerprint density at radius 2 is 1.60 bits per heavy atom. The number of aromatic nitrogens is 2. The van der Waals surface area contributed by atoms with Gasteiger partial charge in [0.1, 0.15) is 11.9 Å². The van der Waals surface area contributed by atoms with E-state index in [1.807, 2.05) is 12.1 Å². The van der Waals surface area contributed by atoms with Crippen LogP contribution in [0.25, 0.3) is 11.1 Å². The molecule has 6 heteroatoms. The van der Waals surface area contributed by atoms with Crippen LogP contribution in [0.3, 0.4) is 0 Å². The Bertz CT molecular complexity index is 738. The van der Waals surface area contributed by atoms with Crippen LogP contribution >= 0.6 is 0 Å². The van der Waals surface area contributed by atoms with Crippen molar-refractivity contribution < 1.29 is 9.59 Å². The van der Waals surface area contributed by atoms with Crippen LogP contribution in [0.5, 0.6) is 0 Å². The van der Waals surface area contributed by atoms with E-state index in [9.17, 15) is 9.59 Å². The molecule has 1 heterocycles. The Morgan fingerprint density at radius 3 is 2.20 bits per heavy atom. The van der Waals surface area contributed by atoms with Crippen LogP contribution in [0.1, 0.15) is 42.5 Å². The number of nitrogens with one attached hydrogen (secondary N) is 2. The number of hydrogen-bond acceptors (Lipinski definition) is 4. The molecule has 1 aromatic heterocycles. The van der Waals surface area contributed by atoms with Crippen molar-refractivity contribution >= 4 is 11.8 Å². The van der Waals surface area contributed by atoms with Crippen molar-refractivity contribution in [3.63, 3.8) is 0 Å². The molecule has 0 saturated heterocycles. The number of nitrogens with zero attached hydrogens (tertiary/aromatic N) is 2. The van der Waals surface area contributed by atoms with E-state index in [-0.39, 0.29) is 11.8 Å². The summed E-state index contributed by atoms with van der Waals surface area (Å²) in [4.78, 5) is 33.0. The lowest BCUT2D eigenvalue weighted by molar-refractivity contribution is -0.128. The van der Waals surface area contributed by atoms with Gasteiger partial charge in [0.2, 0.25) is 5.91 Å². The molecule has 1 fully saturated rings. The molecule has 6 nitrogen and oxygen atoms in total. The molecule has 1 aliphatic rings. The summed E-state index contributed by atoms with van der Waals surface area (Å²) in [5, 5.41) is 5.68. The summed E-state index contributed by atoms with van der Waals surface area (Å²) in [5.41, 5.74) is 1.57. The molecule has 2 aromatic rings. The van der Waals surface area contributed by atoms with Crippen LogP contribution in [-0.4, -0.2) is 34.4 Å². The summed E-state index contributed by atoms with van der Waals surface area (Å²) in [6.45, 7) is 0. The third-order valence-corrected chi connectivity index (χ3v) is 4.76. The van der Waals surface area contributed by atoms with E-state index in [1.165, 1.54) is 6.33 Å². The fraction of sp³-hybridized carbons (Fsp3) is 0.368. The van der Waals surface area contributed by atoms with Crippen LogP contribution in [0, 0.1) is 0 Å². The summed E-state index contributed by atoms with van der Waals surface area (Å²) < 4.78 is 0. The zero-order valence-electron chi connectivity index (χ0n) is 14.3. The molecule has 0 bridgehead atoms. The molecule has 1 aromatic carbocycles. The predicted molar refractivity (Wildman–Crippen MR) is 94.8 cm³/mol. The highest BCUT2D eigenvalue weighted by Crippen LogP contribution is 2.29. The first kappa shape index (κ1) is 17.1. The molecule has 1 aliphatic carbocycles. The van der Waals surface area contributed by atoms with Gasteiger partial charge in [-0.2, -0.15) is 0 Å². The van der Waals surface area contributed by atoms with Crippen LogP contribution in [0.2, 0.25) is 0 Å². The fourth-order valence-corrected chi connectivity index (χ4v) is 3.36. The Balaban J connectivity index is 1.77. The quantitative estimate of drug-likeness (QED) is 0.896. The standard InChI is InChI=1S/C19H22N4O2/c1-20-18(25)19(9-3-2-4-10-19)23-17(24)15-7-5-14(6-8-15)16-11-21-13-22-12-16/h5-8,11-13H,2-4,9-10H2,1H3,(H,20,25)(H,23,24).